The SMILES string of the molecule is CCNC(=NCc1cc(Cl)c(Cl)n1C)NCCc1csc(C(C)C)n1. The van der Waals surface area contributed by atoms with Crippen molar-refractivity contribution in [2.45, 2.75) is 39.7 Å². The Balaban J connectivity index is 1.91. The molecule has 0 spiro atoms. The number of aliphatic imine (C=N–C) groups is 1. The number of hydrogen-bond acceptors (Lipinski definition) is 3. The van der Waals surface area contributed by atoms with Crippen molar-refractivity contribution in [3.05, 3.63) is 38.0 Å². The summed E-state index contributed by atoms with van der Waals surface area (Å²) >= 11 is 13.9. The Morgan fingerprint density at radius 3 is 2.68 bits per heavy atom. The molecule has 2 N–H and O–H groups in total. The lowest BCUT2D eigenvalue weighted by Crippen LogP contribution is -2.38. The van der Waals surface area contributed by atoms with Gasteiger partial charge in [0.15, 0.2) is 5.96 Å². The van der Waals surface area contributed by atoms with Crippen LogP contribution < -0.4 is 10.6 Å². The first-order valence-electron chi connectivity index (χ1n) is 8.38. The van der Waals surface area contributed by atoms with Gasteiger partial charge in [0.05, 0.1) is 22.3 Å². The molecule has 0 aliphatic carbocycles. The lowest BCUT2D eigenvalue weighted by Gasteiger charge is -2.11. The fourth-order valence-electron chi connectivity index (χ4n) is 2.25. The zero-order chi connectivity index (χ0) is 18.4. The van der Waals surface area contributed by atoms with Crippen LogP contribution in [0.3, 0.4) is 0 Å². The van der Waals surface area contributed by atoms with Crippen molar-refractivity contribution in [2.24, 2.45) is 12.0 Å². The number of rotatable bonds is 7. The van der Waals surface area contributed by atoms with E-state index in [0.717, 1.165) is 36.9 Å². The molecule has 0 aromatic carbocycles. The van der Waals surface area contributed by atoms with Crippen LogP contribution in [0.2, 0.25) is 10.2 Å². The van der Waals surface area contributed by atoms with Crippen LogP contribution in [0, 0.1) is 0 Å². The molecule has 2 heterocycles. The first kappa shape index (κ1) is 20.1. The van der Waals surface area contributed by atoms with Crippen LogP contribution in [0.25, 0.3) is 0 Å². The summed E-state index contributed by atoms with van der Waals surface area (Å²) in [5.74, 6) is 1.25. The van der Waals surface area contributed by atoms with Gasteiger partial charge in [0, 0.05) is 43.5 Å². The van der Waals surface area contributed by atoms with E-state index >= 15 is 0 Å². The maximum atomic E-state index is 6.10. The molecule has 0 aliphatic heterocycles. The summed E-state index contributed by atoms with van der Waals surface area (Å²) in [6.45, 7) is 8.46. The highest BCUT2D eigenvalue weighted by Crippen LogP contribution is 2.25. The molecule has 0 amide bonds. The van der Waals surface area contributed by atoms with Gasteiger partial charge in [-0.3, -0.25) is 0 Å². The van der Waals surface area contributed by atoms with Gasteiger partial charge in [-0.15, -0.1) is 11.3 Å². The molecule has 8 heteroatoms. The third kappa shape index (κ3) is 5.62. The predicted octanol–water partition coefficient (Wildman–Crippen LogP) is 4.21. The van der Waals surface area contributed by atoms with Crippen molar-refractivity contribution in [3.63, 3.8) is 0 Å². The lowest BCUT2D eigenvalue weighted by atomic mass is 10.2. The van der Waals surface area contributed by atoms with E-state index in [4.69, 9.17) is 23.2 Å². The van der Waals surface area contributed by atoms with Crippen molar-refractivity contribution in [3.8, 4) is 0 Å². The smallest absolute Gasteiger partial charge is 0.191 e. The minimum absolute atomic E-state index is 0.481. The summed E-state index contributed by atoms with van der Waals surface area (Å²) < 4.78 is 1.85. The highest BCUT2D eigenvalue weighted by Gasteiger charge is 2.09. The van der Waals surface area contributed by atoms with Gasteiger partial charge in [-0.05, 0) is 13.0 Å². The quantitative estimate of drug-likeness (QED) is 0.539. The molecular formula is C17H25Cl2N5S. The highest BCUT2D eigenvalue weighted by molar-refractivity contribution is 7.09. The lowest BCUT2D eigenvalue weighted by molar-refractivity contribution is 0.769. The molecule has 2 aromatic heterocycles. The summed E-state index contributed by atoms with van der Waals surface area (Å²) in [5.41, 5.74) is 2.09. The van der Waals surface area contributed by atoms with Gasteiger partial charge in [-0.25, -0.2) is 9.98 Å². The topological polar surface area (TPSA) is 54.2 Å². The van der Waals surface area contributed by atoms with E-state index < -0.39 is 0 Å². The zero-order valence-electron chi connectivity index (χ0n) is 15.1. The average molecular weight is 402 g/mol. The summed E-state index contributed by atoms with van der Waals surface area (Å²) in [7, 11) is 1.88. The minimum atomic E-state index is 0.481. The highest BCUT2D eigenvalue weighted by atomic mass is 35.5. The van der Waals surface area contributed by atoms with Gasteiger partial charge in [-0.2, -0.15) is 0 Å². The van der Waals surface area contributed by atoms with Gasteiger partial charge in [-0.1, -0.05) is 37.0 Å². The second-order valence-corrected chi connectivity index (χ2v) is 7.69. The molecule has 0 saturated heterocycles. The molecule has 0 atom stereocenters. The molecule has 0 saturated carbocycles. The fraction of sp³-hybridized carbons (Fsp3) is 0.529. The van der Waals surface area contributed by atoms with Crippen LogP contribution >= 0.6 is 34.5 Å². The molecule has 0 bridgehead atoms. The number of hydrogen-bond donors (Lipinski definition) is 2. The Kier molecular flexibility index (Phi) is 7.59. The number of aromatic nitrogens is 2. The van der Waals surface area contributed by atoms with Crippen molar-refractivity contribution >= 4 is 40.5 Å². The van der Waals surface area contributed by atoms with Gasteiger partial charge < -0.3 is 15.2 Å². The Labute approximate surface area is 163 Å². The Morgan fingerprint density at radius 2 is 2.12 bits per heavy atom. The average Bonchev–Trinajstić information content (AvgIpc) is 3.14. The number of thiazole rings is 1. The largest absolute Gasteiger partial charge is 0.357 e. The summed E-state index contributed by atoms with van der Waals surface area (Å²) in [6.07, 6.45) is 0.870. The van der Waals surface area contributed by atoms with Crippen LogP contribution in [0.4, 0.5) is 0 Å². The Hall–Kier alpha value is -1.24. The minimum Gasteiger partial charge on any atom is -0.357 e. The second-order valence-electron chi connectivity index (χ2n) is 6.04. The van der Waals surface area contributed by atoms with E-state index in [1.807, 2.05) is 24.6 Å². The monoisotopic (exact) mass is 401 g/mol. The van der Waals surface area contributed by atoms with E-state index in [2.05, 4.69) is 39.8 Å². The fourth-order valence-corrected chi connectivity index (χ4v) is 3.54. The van der Waals surface area contributed by atoms with Crippen molar-refractivity contribution < 1.29 is 0 Å². The molecule has 0 radical (unpaired) electrons. The van der Waals surface area contributed by atoms with E-state index in [0.29, 0.717) is 22.6 Å². The Morgan fingerprint density at radius 1 is 1.36 bits per heavy atom. The van der Waals surface area contributed by atoms with Crippen LogP contribution in [0.15, 0.2) is 16.4 Å². The number of halogens is 2. The molecular weight excluding hydrogens is 377 g/mol. The molecule has 138 valence electrons. The number of nitrogens with zero attached hydrogens (tertiary/aromatic N) is 3. The molecule has 0 fully saturated rings. The van der Waals surface area contributed by atoms with Gasteiger partial charge in [0.1, 0.15) is 5.15 Å². The molecule has 2 rings (SSSR count). The standard InChI is InChI=1S/C17H25Cl2N5S/c1-5-20-17(22-9-13-8-14(18)15(19)24(13)4)21-7-6-12-10-25-16(23-12)11(2)3/h8,10-11H,5-7,9H2,1-4H3,(H2,20,21,22). The van der Waals surface area contributed by atoms with Gasteiger partial charge in [0.25, 0.3) is 0 Å². The molecule has 0 unspecified atom stereocenters. The zero-order valence-corrected chi connectivity index (χ0v) is 17.4. The number of nitrogens with one attached hydrogen (secondary N) is 2. The van der Waals surface area contributed by atoms with Crippen molar-refractivity contribution in [1.29, 1.82) is 0 Å². The first-order valence-corrected chi connectivity index (χ1v) is 10.0. The Bertz CT molecular complexity index is 721. The molecule has 25 heavy (non-hydrogen) atoms. The van der Waals surface area contributed by atoms with Crippen LogP contribution in [-0.2, 0) is 20.0 Å². The summed E-state index contributed by atoms with van der Waals surface area (Å²) in [4.78, 5) is 9.26. The van der Waals surface area contributed by atoms with Crippen molar-refractivity contribution in [2.75, 3.05) is 13.1 Å². The van der Waals surface area contributed by atoms with Crippen molar-refractivity contribution in [1.82, 2.24) is 20.2 Å². The van der Waals surface area contributed by atoms with E-state index in [9.17, 15) is 0 Å². The van der Waals surface area contributed by atoms with Gasteiger partial charge >= 0.3 is 0 Å². The van der Waals surface area contributed by atoms with E-state index in [1.165, 1.54) is 5.01 Å². The first-order chi connectivity index (χ1) is 11.9. The normalized spacial score (nSPS) is 12.0. The van der Waals surface area contributed by atoms with E-state index in [1.54, 1.807) is 11.3 Å². The third-order valence-electron chi connectivity index (χ3n) is 3.70. The van der Waals surface area contributed by atoms with E-state index in [-0.39, 0.29) is 0 Å². The van der Waals surface area contributed by atoms with Crippen LogP contribution in [0.5, 0.6) is 0 Å². The number of guanidine groups is 1. The predicted molar refractivity (Wildman–Crippen MR) is 108 cm³/mol. The molecule has 2 aromatic rings. The third-order valence-corrected chi connectivity index (χ3v) is 5.73. The maximum absolute atomic E-state index is 6.10. The maximum Gasteiger partial charge on any atom is 0.191 e. The van der Waals surface area contributed by atoms with Gasteiger partial charge in [0.2, 0.25) is 0 Å². The van der Waals surface area contributed by atoms with Crippen LogP contribution in [-0.4, -0.2) is 28.6 Å². The summed E-state index contributed by atoms with van der Waals surface area (Å²) in [5, 5.41) is 11.0. The molecule has 5 nitrogen and oxygen atoms in total. The molecule has 0 aliphatic rings. The summed E-state index contributed by atoms with van der Waals surface area (Å²) in [6, 6.07) is 1.85. The van der Waals surface area contributed by atoms with Crippen LogP contribution in [0.1, 0.15) is 43.1 Å². The second kappa shape index (κ2) is 9.46.